The summed E-state index contributed by atoms with van der Waals surface area (Å²) in [6.45, 7) is 3.57. The molecule has 0 aromatic heterocycles. The molecule has 0 bridgehead atoms. The fraction of sp³-hybridized carbons (Fsp3) is 0.263. The van der Waals surface area contributed by atoms with Crippen molar-refractivity contribution in [2.24, 2.45) is 5.92 Å². The van der Waals surface area contributed by atoms with Gasteiger partial charge in [-0.1, -0.05) is 60.7 Å². The van der Waals surface area contributed by atoms with Crippen LogP contribution in [0.1, 0.15) is 31.0 Å². The zero-order valence-corrected chi connectivity index (χ0v) is 13.0. The second kappa shape index (κ2) is 7.66. The van der Waals surface area contributed by atoms with Crippen molar-refractivity contribution < 1.29 is 9.59 Å². The highest BCUT2D eigenvalue weighted by molar-refractivity contribution is 6.01. The molecule has 0 saturated carbocycles. The van der Waals surface area contributed by atoms with Crippen LogP contribution in [0, 0.1) is 5.92 Å². The Morgan fingerprint density at radius 1 is 0.864 bits per heavy atom. The third kappa shape index (κ3) is 4.12. The second-order valence-electron chi connectivity index (χ2n) is 5.45. The minimum absolute atomic E-state index is 0.109. The summed E-state index contributed by atoms with van der Waals surface area (Å²) < 4.78 is 0. The van der Waals surface area contributed by atoms with E-state index in [1.54, 1.807) is 0 Å². The van der Waals surface area contributed by atoms with Crippen molar-refractivity contribution in [2.45, 2.75) is 26.4 Å². The fourth-order valence-electron chi connectivity index (χ4n) is 2.67. The van der Waals surface area contributed by atoms with E-state index in [9.17, 15) is 9.59 Å². The average molecular weight is 295 g/mol. The largest absolute Gasteiger partial charge is 0.305 e. The van der Waals surface area contributed by atoms with Crippen molar-refractivity contribution in [1.29, 1.82) is 0 Å². The van der Waals surface area contributed by atoms with Crippen molar-refractivity contribution in [1.82, 2.24) is 5.32 Å². The molecule has 0 heterocycles. The maximum atomic E-state index is 12.0. The van der Waals surface area contributed by atoms with Crippen molar-refractivity contribution in [3.8, 4) is 0 Å². The summed E-state index contributed by atoms with van der Waals surface area (Å²) in [6, 6.07) is 19.3. The summed E-state index contributed by atoms with van der Waals surface area (Å²) in [7, 11) is 0. The van der Waals surface area contributed by atoms with Gasteiger partial charge in [0.1, 0.15) is 11.6 Å². The molecule has 2 aromatic carbocycles. The summed E-state index contributed by atoms with van der Waals surface area (Å²) in [4.78, 5) is 23.9. The van der Waals surface area contributed by atoms with Gasteiger partial charge in [0.2, 0.25) is 0 Å². The van der Waals surface area contributed by atoms with E-state index in [1.807, 2.05) is 60.7 Å². The lowest BCUT2D eigenvalue weighted by molar-refractivity contribution is -0.131. The number of benzene rings is 2. The molecule has 0 spiro atoms. The topological polar surface area (TPSA) is 46.2 Å². The first-order valence-electron chi connectivity index (χ1n) is 7.42. The molecular formula is C19H21NO2. The van der Waals surface area contributed by atoms with E-state index < -0.39 is 5.92 Å². The molecule has 3 nitrogen and oxygen atoms in total. The molecular weight excluding hydrogens is 274 g/mol. The van der Waals surface area contributed by atoms with Crippen LogP contribution in [0.15, 0.2) is 60.7 Å². The van der Waals surface area contributed by atoms with Crippen molar-refractivity contribution in [3.63, 3.8) is 0 Å². The third-order valence-electron chi connectivity index (χ3n) is 3.74. The minimum Gasteiger partial charge on any atom is -0.305 e. The summed E-state index contributed by atoms with van der Waals surface area (Å²) in [5.74, 6) is -0.880. The smallest absolute Gasteiger partial charge is 0.142 e. The highest BCUT2D eigenvalue weighted by Crippen LogP contribution is 2.24. The van der Waals surface area contributed by atoms with Gasteiger partial charge < -0.3 is 5.32 Å². The Labute approximate surface area is 131 Å². The highest BCUT2D eigenvalue weighted by atomic mass is 16.1. The zero-order valence-electron chi connectivity index (χ0n) is 13.0. The first-order valence-corrected chi connectivity index (χ1v) is 7.42. The second-order valence-corrected chi connectivity index (χ2v) is 5.45. The first-order chi connectivity index (χ1) is 10.6. The molecule has 0 aliphatic heterocycles. The number of carbonyl (C=O) groups excluding carboxylic acids is 2. The van der Waals surface area contributed by atoms with Crippen LogP contribution in [0.5, 0.6) is 0 Å². The SMILES string of the molecule is CC(=O)C(C(C)=O)C(NCc1ccccc1)c1ccccc1. The number of rotatable bonds is 7. The fourth-order valence-corrected chi connectivity index (χ4v) is 2.67. The van der Waals surface area contributed by atoms with Gasteiger partial charge in [-0.05, 0) is 25.0 Å². The van der Waals surface area contributed by atoms with Crippen molar-refractivity contribution >= 4 is 11.6 Å². The molecule has 1 atom stereocenters. The van der Waals surface area contributed by atoms with Crippen LogP contribution in [0.3, 0.4) is 0 Å². The Hall–Kier alpha value is -2.26. The maximum Gasteiger partial charge on any atom is 0.142 e. The van der Waals surface area contributed by atoms with Crippen molar-refractivity contribution in [2.75, 3.05) is 0 Å². The standard InChI is InChI=1S/C19H21NO2/c1-14(21)18(15(2)22)19(17-11-7-4-8-12-17)20-13-16-9-5-3-6-10-16/h3-12,18-20H,13H2,1-2H3. The molecule has 0 aliphatic carbocycles. The number of Topliss-reactive ketones (excluding diaryl/α,β-unsaturated/α-hetero) is 2. The molecule has 114 valence electrons. The van der Waals surface area contributed by atoms with Crippen LogP contribution in [0.4, 0.5) is 0 Å². The van der Waals surface area contributed by atoms with Gasteiger partial charge in [-0.2, -0.15) is 0 Å². The average Bonchev–Trinajstić information content (AvgIpc) is 2.52. The third-order valence-corrected chi connectivity index (χ3v) is 3.74. The molecule has 0 saturated heterocycles. The number of ketones is 2. The van der Waals surface area contributed by atoms with Crippen LogP contribution < -0.4 is 5.32 Å². The Balaban J connectivity index is 2.25. The molecule has 0 aliphatic rings. The van der Waals surface area contributed by atoms with E-state index in [2.05, 4.69) is 5.32 Å². The number of carbonyl (C=O) groups is 2. The molecule has 22 heavy (non-hydrogen) atoms. The molecule has 1 unspecified atom stereocenters. The van der Waals surface area contributed by atoms with E-state index in [0.29, 0.717) is 6.54 Å². The molecule has 0 fully saturated rings. The minimum atomic E-state index is -0.661. The molecule has 2 aromatic rings. The van der Waals surface area contributed by atoms with E-state index in [1.165, 1.54) is 13.8 Å². The number of hydrogen-bond donors (Lipinski definition) is 1. The lowest BCUT2D eigenvalue weighted by Crippen LogP contribution is -2.36. The lowest BCUT2D eigenvalue weighted by Gasteiger charge is -2.25. The van der Waals surface area contributed by atoms with E-state index in [0.717, 1.165) is 11.1 Å². The Bertz CT molecular complexity index is 608. The Kier molecular flexibility index (Phi) is 5.61. The van der Waals surface area contributed by atoms with Gasteiger partial charge in [-0.3, -0.25) is 9.59 Å². The van der Waals surface area contributed by atoms with E-state index in [4.69, 9.17) is 0 Å². The van der Waals surface area contributed by atoms with Gasteiger partial charge >= 0.3 is 0 Å². The molecule has 1 N–H and O–H groups in total. The molecule has 0 radical (unpaired) electrons. The summed E-state index contributed by atoms with van der Waals surface area (Å²) in [5.41, 5.74) is 2.07. The van der Waals surface area contributed by atoms with Gasteiger partial charge in [0, 0.05) is 12.6 Å². The highest BCUT2D eigenvalue weighted by Gasteiger charge is 2.30. The maximum absolute atomic E-state index is 12.0. The van der Waals surface area contributed by atoms with E-state index in [-0.39, 0.29) is 17.6 Å². The quantitative estimate of drug-likeness (QED) is 0.797. The number of nitrogens with one attached hydrogen (secondary N) is 1. The van der Waals surface area contributed by atoms with E-state index >= 15 is 0 Å². The van der Waals surface area contributed by atoms with Crippen molar-refractivity contribution in [3.05, 3.63) is 71.8 Å². The summed E-state index contributed by atoms with van der Waals surface area (Å²) >= 11 is 0. The molecule has 2 rings (SSSR count). The molecule has 3 heteroatoms. The Morgan fingerprint density at radius 2 is 1.36 bits per heavy atom. The number of hydrogen-bond acceptors (Lipinski definition) is 3. The van der Waals surface area contributed by atoms with Crippen LogP contribution in [0.2, 0.25) is 0 Å². The monoisotopic (exact) mass is 295 g/mol. The van der Waals surface area contributed by atoms with Crippen LogP contribution in [-0.2, 0) is 16.1 Å². The Morgan fingerprint density at radius 3 is 1.86 bits per heavy atom. The van der Waals surface area contributed by atoms with Gasteiger partial charge in [-0.25, -0.2) is 0 Å². The van der Waals surface area contributed by atoms with Gasteiger partial charge in [-0.15, -0.1) is 0 Å². The van der Waals surface area contributed by atoms with Crippen LogP contribution >= 0.6 is 0 Å². The van der Waals surface area contributed by atoms with Gasteiger partial charge in [0.15, 0.2) is 0 Å². The van der Waals surface area contributed by atoms with Gasteiger partial charge in [0.05, 0.1) is 5.92 Å². The van der Waals surface area contributed by atoms with Gasteiger partial charge in [0.25, 0.3) is 0 Å². The van der Waals surface area contributed by atoms with Crippen LogP contribution in [-0.4, -0.2) is 11.6 Å². The predicted octanol–water partition coefficient (Wildman–Crippen LogP) is 3.31. The van der Waals surface area contributed by atoms with Crippen LogP contribution in [0.25, 0.3) is 0 Å². The normalized spacial score (nSPS) is 12.1. The first kappa shape index (κ1) is 16.1. The molecule has 0 amide bonds. The summed E-state index contributed by atoms with van der Waals surface area (Å²) in [5, 5.41) is 3.37. The predicted molar refractivity (Wildman–Crippen MR) is 87.3 cm³/mol. The lowest BCUT2D eigenvalue weighted by atomic mass is 9.87. The zero-order chi connectivity index (χ0) is 15.9. The summed E-state index contributed by atoms with van der Waals surface area (Å²) in [6.07, 6.45) is 0.